The molecule has 1 heterocycles. The summed E-state index contributed by atoms with van der Waals surface area (Å²) in [6, 6.07) is 12.9. The van der Waals surface area contributed by atoms with Crippen molar-refractivity contribution in [2.24, 2.45) is 5.92 Å². The third kappa shape index (κ3) is 4.73. The van der Waals surface area contributed by atoms with Crippen molar-refractivity contribution in [1.29, 1.82) is 0 Å². The van der Waals surface area contributed by atoms with Gasteiger partial charge < -0.3 is 14.8 Å². The van der Waals surface area contributed by atoms with E-state index in [1.165, 1.54) is 11.3 Å². The maximum atomic E-state index is 12.6. The fourth-order valence-electron chi connectivity index (χ4n) is 2.55. The van der Waals surface area contributed by atoms with Crippen molar-refractivity contribution in [1.82, 2.24) is 0 Å². The highest BCUT2D eigenvalue weighted by atomic mass is 35.5. The first kappa shape index (κ1) is 19.5. The summed E-state index contributed by atoms with van der Waals surface area (Å²) < 4.78 is 11.8. The molecular formula is C21H22ClNO3S. The monoisotopic (exact) mass is 403 g/mol. The number of nitrogens with one attached hydrogen (secondary N) is 1. The van der Waals surface area contributed by atoms with Gasteiger partial charge in [0.1, 0.15) is 16.4 Å². The first-order valence-electron chi connectivity index (χ1n) is 8.78. The van der Waals surface area contributed by atoms with E-state index in [9.17, 15) is 4.79 Å². The lowest BCUT2D eigenvalue weighted by molar-refractivity contribution is 0.103. The van der Waals surface area contributed by atoms with Crippen LogP contribution < -0.4 is 14.8 Å². The molecule has 0 aliphatic rings. The van der Waals surface area contributed by atoms with Crippen LogP contribution in [0.15, 0.2) is 42.5 Å². The van der Waals surface area contributed by atoms with E-state index in [1.807, 2.05) is 42.5 Å². The summed E-state index contributed by atoms with van der Waals surface area (Å²) in [5.41, 5.74) is 0.697. The molecular weight excluding hydrogens is 382 g/mol. The van der Waals surface area contributed by atoms with Gasteiger partial charge in [0.2, 0.25) is 0 Å². The number of ether oxygens (including phenoxy) is 2. The second kappa shape index (κ2) is 8.63. The zero-order chi connectivity index (χ0) is 19.4. The van der Waals surface area contributed by atoms with Gasteiger partial charge in [-0.3, -0.25) is 4.79 Å². The van der Waals surface area contributed by atoms with Crippen molar-refractivity contribution in [2.75, 3.05) is 19.0 Å². The summed E-state index contributed by atoms with van der Waals surface area (Å²) in [5.74, 6) is 1.91. The highest BCUT2D eigenvalue weighted by Crippen LogP contribution is 2.37. The summed E-state index contributed by atoms with van der Waals surface area (Å²) in [6.45, 7) is 5.01. The number of amides is 1. The Bertz CT molecular complexity index is 934. The number of rotatable bonds is 7. The summed E-state index contributed by atoms with van der Waals surface area (Å²) >= 11 is 7.76. The van der Waals surface area contributed by atoms with Gasteiger partial charge in [-0.05, 0) is 54.8 Å². The maximum Gasteiger partial charge on any atom is 0.267 e. The highest BCUT2D eigenvalue weighted by Gasteiger charge is 2.17. The predicted molar refractivity (Wildman–Crippen MR) is 113 cm³/mol. The van der Waals surface area contributed by atoms with E-state index in [0.717, 1.165) is 28.0 Å². The van der Waals surface area contributed by atoms with Crippen LogP contribution in [-0.2, 0) is 0 Å². The average Bonchev–Trinajstić information content (AvgIpc) is 2.99. The molecule has 1 N–H and O–H groups in total. The van der Waals surface area contributed by atoms with Gasteiger partial charge in [-0.1, -0.05) is 25.4 Å². The fraction of sp³-hybridized carbons (Fsp3) is 0.286. The number of methoxy groups -OCH3 is 1. The summed E-state index contributed by atoms with van der Waals surface area (Å²) in [4.78, 5) is 13.1. The Morgan fingerprint density at radius 1 is 1.15 bits per heavy atom. The Hall–Kier alpha value is -2.24. The van der Waals surface area contributed by atoms with E-state index < -0.39 is 0 Å². The Balaban J connectivity index is 1.70. The predicted octanol–water partition coefficient (Wildman–Crippen LogP) is 6.24. The summed E-state index contributed by atoms with van der Waals surface area (Å²) in [6.07, 6.45) is 1.01. The Morgan fingerprint density at radius 2 is 1.85 bits per heavy atom. The lowest BCUT2D eigenvalue weighted by Gasteiger charge is -2.09. The molecule has 0 unspecified atom stereocenters. The van der Waals surface area contributed by atoms with E-state index >= 15 is 0 Å². The number of carbonyl (C=O) groups is 1. The summed E-state index contributed by atoms with van der Waals surface area (Å²) in [5, 5.41) is 4.20. The Morgan fingerprint density at radius 3 is 2.52 bits per heavy atom. The number of fused-ring (bicyclic) bond motifs is 1. The Kier molecular flexibility index (Phi) is 6.24. The molecule has 0 bridgehead atoms. The van der Waals surface area contributed by atoms with Gasteiger partial charge in [0.25, 0.3) is 5.91 Å². The number of halogens is 1. The zero-order valence-corrected chi connectivity index (χ0v) is 17.1. The van der Waals surface area contributed by atoms with Crippen LogP contribution in [0.3, 0.4) is 0 Å². The number of anilines is 1. The second-order valence-corrected chi connectivity index (χ2v) is 8.05. The van der Waals surface area contributed by atoms with Crippen LogP contribution in [0.2, 0.25) is 5.02 Å². The molecule has 0 saturated heterocycles. The molecule has 0 aliphatic carbocycles. The first-order chi connectivity index (χ1) is 13.0. The standard InChI is InChI=1S/C21H22ClNO3S/c1-13(2)10-11-26-15-6-4-14(5-7-15)23-21(24)20-19(22)17-9-8-16(25-3)12-18(17)27-20/h4-9,12-13H,10-11H2,1-3H3,(H,23,24). The van der Waals surface area contributed by atoms with Crippen molar-refractivity contribution in [2.45, 2.75) is 20.3 Å². The molecule has 0 fully saturated rings. The van der Waals surface area contributed by atoms with Crippen molar-refractivity contribution in [3.63, 3.8) is 0 Å². The van der Waals surface area contributed by atoms with E-state index in [-0.39, 0.29) is 5.91 Å². The quantitative estimate of drug-likeness (QED) is 0.507. The molecule has 1 aromatic heterocycles. The van der Waals surface area contributed by atoms with E-state index in [4.69, 9.17) is 21.1 Å². The third-order valence-corrected chi connectivity index (χ3v) is 5.77. The largest absolute Gasteiger partial charge is 0.497 e. The number of benzene rings is 2. The highest BCUT2D eigenvalue weighted by molar-refractivity contribution is 7.21. The van der Waals surface area contributed by atoms with Crippen molar-refractivity contribution >= 4 is 44.6 Å². The molecule has 3 rings (SSSR count). The smallest absolute Gasteiger partial charge is 0.267 e. The number of carbonyl (C=O) groups excluding carboxylic acids is 1. The van der Waals surface area contributed by atoms with Crippen LogP contribution in [0.1, 0.15) is 29.9 Å². The zero-order valence-electron chi connectivity index (χ0n) is 15.5. The van der Waals surface area contributed by atoms with E-state index in [2.05, 4.69) is 19.2 Å². The molecule has 0 atom stereocenters. The molecule has 2 aromatic carbocycles. The van der Waals surface area contributed by atoms with Crippen LogP contribution in [0.5, 0.6) is 11.5 Å². The number of thiophene rings is 1. The van der Waals surface area contributed by atoms with Crippen LogP contribution in [0.4, 0.5) is 5.69 Å². The Labute approximate surface area is 168 Å². The average molecular weight is 404 g/mol. The topological polar surface area (TPSA) is 47.6 Å². The molecule has 4 nitrogen and oxygen atoms in total. The number of hydrogen-bond donors (Lipinski definition) is 1. The fourth-order valence-corrected chi connectivity index (χ4v) is 3.99. The van der Waals surface area contributed by atoms with Crippen LogP contribution in [0, 0.1) is 5.92 Å². The first-order valence-corrected chi connectivity index (χ1v) is 9.97. The molecule has 6 heteroatoms. The number of hydrogen-bond acceptors (Lipinski definition) is 4. The van der Waals surface area contributed by atoms with Gasteiger partial charge in [-0.25, -0.2) is 0 Å². The lowest BCUT2D eigenvalue weighted by atomic mass is 10.1. The van der Waals surface area contributed by atoms with Crippen molar-refractivity contribution < 1.29 is 14.3 Å². The molecule has 0 saturated carbocycles. The molecule has 1 amide bonds. The summed E-state index contributed by atoms with van der Waals surface area (Å²) in [7, 11) is 1.61. The minimum atomic E-state index is -0.228. The van der Waals surface area contributed by atoms with E-state index in [1.54, 1.807) is 7.11 Å². The minimum Gasteiger partial charge on any atom is -0.497 e. The molecule has 0 aliphatic heterocycles. The molecule has 0 radical (unpaired) electrons. The molecule has 142 valence electrons. The minimum absolute atomic E-state index is 0.228. The van der Waals surface area contributed by atoms with Gasteiger partial charge >= 0.3 is 0 Å². The second-order valence-electron chi connectivity index (χ2n) is 6.62. The maximum absolute atomic E-state index is 12.6. The van der Waals surface area contributed by atoms with E-state index in [0.29, 0.717) is 28.1 Å². The van der Waals surface area contributed by atoms with Gasteiger partial charge in [0.05, 0.1) is 18.7 Å². The van der Waals surface area contributed by atoms with Crippen LogP contribution in [-0.4, -0.2) is 19.6 Å². The van der Waals surface area contributed by atoms with Gasteiger partial charge in [0, 0.05) is 15.8 Å². The van der Waals surface area contributed by atoms with Gasteiger partial charge in [-0.2, -0.15) is 0 Å². The van der Waals surface area contributed by atoms with Gasteiger partial charge in [0.15, 0.2) is 0 Å². The van der Waals surface area contributed by atoms with Gasteiger partial charge in [-0.15, -0.1) is 11.3 Å². The van der Waals surface area contributed by atoms with Crippen LogP contribution in [0.25, 0.3) is 10.1 Å². The molecule has 3 aromatic rings. The SMILES string of the molecule is COc1ccc2c(Cl)c(C(=O)Nc3ccc(OCCC(C)C)cc3)sc2c1. The molecule has 0 spiro atoms. The third-order valence-electron chi connectivity index (χ3n) is 4.12. The van der Waals surface area contributed by atoms with Crippen molar-refractivity contribution in [3.8, 4) is 11.5 Å². The lowest BCUT2D eigenvalue weighted by Crippen LogP contribution is -2.10. The van der Waals surface area contributed by atoms with Crippen molar-refractivity contribution in [3.05, 3.63) is 52.4 Å². The normalized spacial score (nSPS) is 11.0. The molecule has 27 heavy (non-hydrogen) atoms. The van der Waals surface area contributed by atoms with Crippen LogP contribution >= 0.6 is 22.9 Å².